The number of hydrogen-bond acceptors (Lipinski definition) is 1. The van der Waals surface area contributed by atoms with Crippen LogP contribution in [-0.2, 0) is 4.79 Å². The van der Waals surface area contributed by atoms with Gasteiger partial charge in [-0.15, -0.1) is 0 Å². The highest BCUT2D eigenvalue weighted by atomic mass is 79.9. The molecule has 0 aromatic carbocycles. The molecule has 1 rings (SSSR count). The highest BCUT2D eigenvalue weighted by molar-refractivity contribution is 9.10. The van der Waals surface area contributed by atoms with E-state index >= 15 is 0 Å². The number of carbonyl (C=O) groups is 1. The standard InChI is InChI=1S/C11H17BrF3NO/c1-2-9(12)10(17)16-8-5-3-7(4-6-8)11(13,14)15/h7-9H,2-6H2,1H3,(H,16,17). The Kier molecular flexibility index (Phi) is 5.28. The van der Waals surface area contributed by atoms with Crippen LogP contribution < -0.4 is 5.32 Å². The molecule has 1 aliphatic rings. The van der Waals surface area contributed by atoms with Crippen LogP contribution >= 0.6 is 15.9 Å². The minimum absolute atomic E-state index is 0.104. The zero-order valence-electron chi connectivity index (χ0n) is 9.69. The molecule has 100 valence electrons. The second-order valence-electron chi connectivity index (χ2n) is 4.47. The Labute approximate surface area is 107 Å². The second kappa shape index (κ2) is 6.07. The Morgan fingerprint density at radius 2 is 1.88 bits per heavy atom. The van der Waals surface area contributed by atoms with Crippen LogP contribution in [0, 0.1) is 5.92 Å². The minimum Gasteiger partial charge on any atom is -0.352 e. The third-order valence-electron chi connectivity index (χ3n) is 3.18. The first-order chi connectivity index (χ1) is 7.84. The van der Waals surface area contributed by atoms with Gasteiger partial charge in [0, 0.05) is 6.04 Å². The highest BCUT2D eigenvalue weighted by Gasteiger charge is 2.41. The van der Waals surface area contributed by atoms with Crippen molar-refractivity contribution in [2.75, 3.05) is 0 Å². The Hall–Kier alpha value is -0.260. The van der Waals surface area contributed by atoms with Crippen molar-refractivity contribution in [3.05, 3.63) is 0 Å². The van der Waals surface area contributed by atoms with Crippen molar-refractivity contribution < 1.29 is 18.0 Å². The average Bonchev–Trinajstić information content (AvgIpc) is 2.27. The van der Waals surface area contributed by atoms with Crippen molar-refractivity contribution in [2.45, 2.75) is 56.1 Å². The van der Waals surface area contributed by atoms with Gasteiger partial charge in [0.15, 0.2) is 0 Å². The fourth-order valence-electron chi connectivity index (χ4n) is 2.04. The third kappa shape index (κ3) is 4.48. The van der Waals surface area contributed by atoms with Crippen molar-refractivity contribution in [1.29, 1.82) is 0 Å². The van der Waals surface area contributed by atoms with Crippen molar-refractivity contribution >= 4 is 21.8 Å². The number of nitrogens with one attached hydrogen (secondary N) is 1. The lowest BCUT2D eigenvalue weighted by Crippen LogP contribution is -2.42. The summed E-state index contributed by atoms with van der Waals surface area (Å²) in [6.45, 7) is 1.87. The van der Waals surface area contributed by atoms with E-state index in [4.69, 9.17) is 0 Å². The average molecular weight is 316 g/mol. The van der Waals surface area contributed by atoms with Crippen molar-refractivity contribution in [3.63, 3.8) is 0 Å². The van der Waals surface area contributed by atoms with Gasteiger partial charge in [-0.05, 0) is 32.1 Å². The summed E-state index contributed by atoms with van der Waals surface area (Å²) < 4.78 is 37.3. The van der Waals surface area contributed by atoms with Gasteiger partial charge in [0.2, 0.25) is 5.91 Å². The number of rotatable bonds is 3. The van der Waals surface area contributed by atoms with Gasteiger partial charge in [-0.1, -0.05) is 22.9 Å². The Bertz CT molecular complexity index is 262. The SMILES string of the molecule is CCC(Br)C(=O)NC1CCC(C(F)(F)F)CC1. The zero-order chi connectivity index (χ0) is 13.1. The lowest BCUT2D eigenvalue weighted by atomic mass is 9.85. The Balaban J connectivity index is 2.35. The molecule has 0 bridgehead atoms. The van der Waals surface area contributed by atoms with Crippen LogP contribution in [0.4, 0.5) is 13.2 Å². The van der Waals surface area contributed by atoms with Gasteiger partial charge >= 0.3 is 6.18 Å². The van der Waals surface area contributed by atoms with Crippen LogP contribution in [0.5, 0.6) is 0 Å². The largest absolute Gasteiger partial charge is 0.391 e. The number of halogens is 4. The molecule has 0 aliphatic heterocycles. The summed E-state index contributed by atoms with van der Waals surface area (Å²) in [6, 6.07) is -0.104. The molecule has 0 aromatic rings. The van der Waals surface area contributed by atoms with Gasteiger partial charge in [-0.3, -0.25) is 4.79 Å². The summed E-state index contributed by atoms with van der Waals surface area (Å²) in [5.74, 6) is -1.32. The Morgan fingerprint density at radius 3 is 2.29 bits per heavy atom. The normalized spacial score (nSPS) is 27.6. The predicted octanol–water partition coefficient (Wildman–Crippen LogP) is 3.40. The molecular formula is C11H17BrF3NO. The summed E-state index contributed by atoms with van der Waals surface area (Å²) in [4.78, 5) is 11.3. The van der Waals surface area contributed by atoms with Crippen LogP contribution in [0.1, 0.15) is 39.0 Å². The molecule has 6 heteroatoms. The summed E-state index contributed by atoms with van der Waals surface area (Å²) in [6.07, 6.45) is -2.35. The molecule has 1 atom stereocenters. The van der Waals surface area contributed by atoms with Crippen LogP contribution in [0.3, 0.4) is 0 Å². The quantitative estimate of drug-likeness (QED) is 0.795. The summed E-state index contributed by atoms with van der Waals surface area (Å²) in [7, 11) is 0. The lowest BCUT2D eigenvalue weighted by molar-refractivity contribution is -0.182. The van der Waals surface area contributed by atoms with Gasteiger partial charge in [-0.2, -0.15) is 13.2 Å². The fourth-order valence-corrected chi connectivity index (χ4v) is 2.17. The third-order valence-corrected chi connectivity index (χ3v) is 4.24. The van der Waals surface area contributed by atoms with E-state index in [9.17, 15) is 18.0 Å². The molecule has 0 spiro atoms. The first kappa shape index (κ1) is 14.8. The molecule has 1 N–H and O–H groups in total. The maximum absolute atomic E-state index is 12.4. The molecule has 1 saturated carbocycles. The monoisotopic (exact) mass is 315 g/mol. The minimum atomic E-state index is -4.09. The molecule has 2 nitrogen and oxygen atoms in total. The van der Waals surface area contributed by atoms with Gasteiger partial charge in [0.25, 0.3) is 0 Å². The second-order valence-corrected chi connectivity index (χ2v) is 5.58. The smallest absolute Gasteiger partial charge is 0.352 e. The summed E-state index contributed by atoms with van der Waals surface area (Å²) in [5.41, 5.74) is 0. The van der Waals surface area contributed by atoms with Crippen LogP contribution in [0.25, 0.3) is 0 Å². The first-order valence-electron chi connectivity index (χ1n) is 5.85. The van der Waals surface area contributed by atoms with E-state index in [1.165, 1.54) is 0 Å². The van der Waals surface area contributed by atoms with E-state index in [1.807, 2.05) is 6.92 Å². The molecule has 0 aromatic heterocycles. The number of alkyl halides is 4. The summed E-state index contributed by atoms with van der Waals surface area (Å²) in [5, 5.41) is 2.79. The van der Waals surface area contributed by atoms with E-state index in [0.717, 1.165) is 0 Å². The zero-order valence-corrected chi connectivity index (χ0v) is 11.3. The van der Waals surface area contributed by atoms with Gasteiger partial charge in [0.05, 0.1) is 10.7 Å². The number of amides is 1. The topological polar surface area (TPSA) is 29.1 Å². The molecule has 0 heterocycles. The van der Waals surface area contributed by atoms with E-state index in [1.54, 1.807) is 0 Å². The predicted molar refractivity (Wildman–Crippen MR) is 62.9 cm³/mol. The highest BCUT2D eigenvalue weighted by Crippen LogP contribution is 2.37. The molecule has 0 saturated heterocycles. The molecule has 0 radical (unpaired) electrons. The molecule has 1 fully saturated rings. The van der Waals surface area contributed by atoms with E-state index in [0.29, 0.717) is 19.3 Å². The van der Waals surface area contributed by atoms with Gasteiger partial charge in [0.1, 0.15) is 0 Å². The fraction of sp³-hybridized carbons (Fsp3) is 0.909. The lowest BCUT2D eigenvalue weighted by Gasteiger charge is -2.30. The molecule has 1 amide bonds. The molecular weight excluding hydrogens is 299 g/mol. The summed E-state index contributed by atoms with van der Waals surface area (Å²) >= 11 is 3.22. The van der Waals surface area contributed by atoms with Crippen molar-refractivity contribution in [3.8, 4) is 0 Å². The van der Waals surface area contributed by atoms with Crippen LogP contribution in [0.15, 0.2) is 0 Å². The molecule has 17 heavy (non-hydrogen) atoms. The molecule has 1 unspecified atom stereocenters. The van der Waals surface area contributed by atoms with E-state index < -0.39 is 12.1 Å². The number of hydrogen-bond donors (Lipinski definition) is 1. The first-order valence-corrected chi connectivity index (χ1v) is 6.77. The maximum Gasteiger partial charge on any atom is 0.391 e. The van der Waals surface area contributed by atoms with E-state index in [-0.39, 0.29) is 29.6 Å². The van der Waals surface area contributed by atoms with Crippen molar-refractivity contribution in [1.82, 2.24) is 5.32 Å². The van der Waals surface area contributed by atoms with Crippen LogP contribution in [0.2, 0.25) is 0 Å². The van der Waals surface area contributed by atoms with Gasteiger partial charge < -0.3 is 5.32 Å². The van der Waals surface area contributed by atoms with E-state index in [2.05, 4.69) is 21.2 Å². The van der Waals surface area contributed by atoms with Crippen molar-refractivity contribution in [2.24, 2.45) is 5.92 Å². The van der Waals surface area contributed by atoms with Crippen LogP contribution in [-0.4, -0.2) is 23.0 Å². The maximum atomic E-state index is 12.4. The van der Waals surface area contributed by atoms with Gasteiger partial charge in [-0.25, -0.2) is 0 Å². The Morgan fingerprint density at radius 1 is 1.35 bits per heavy atom. The number of carbonyl (C=O) groups excluding carboxylic acids is 1. The molecule has 1 aliphatic carbocycles.